The molecule has 1 saturated heterocycles. The minimum atomic E-state index is -0.0639. The molecule has 0 unspecified atom stereocenters. The summed E-state index contributed by atoms with van der Waals surface area (Å²) in [7, 11) is 0. The van der Waals surface area contributed by atoms with Gasteiger partial charge in [0, 0.05) is 41.7 Å². The van der Waals surface area contributed by atoms with Crippen LogP contribution in [0, 0.1) is 5.92 Å². The number of benzene rings is 1. The fourth-order valence-electron chi connectivity index (χ4n) is 4.66. The SMILES string of the molecule is CSc1ccc(-c2ccc3n(c2=O)C[C@@H]2C[C@@H]3CN(C(=O)c3ccco3)C2)cc1. The van der Waals surface area contributed by atoms with Crippen LogP contribution in [-0.2, 0) is 6.54 Å². The Morgan fingerprint density at radius 1 is 1.07 bits per heavy atom. The summed E-state index contributed by atoms with van der Waals surface area (Å²) in [6, 6.07) is 15.6. The van der Waals surface area contributed by atoms with E-state index < -0.39 is 0 Å². The molecule has 3 aromatic rings. The van der Waals surface area contributed by atoms with E-state index in [1.54, 1.807) is 23.9 Å². The standard InChI is InChI=1S/C23H22N2O3S/c1-29-18-6-4-16(5-7-18)19-8-9-20-17-11-15(13-25(20)22(19)26)12-24(14-17)23(27)21-3-2-10-28-21/h2-10,15,17H,11-14H2,1H3/t15-,17-/m1/s1. The lowest BCUT2D eigenvalue weighted by Gasteiger charge is -2.42. The largest absolute Gasteiger partial charge is 0.459 e. The molecule has 0 aliphatic carbocycles. The first kappa shape index (κ1) is 18.3. The van der Waals surface area contributed by atoms with Crippen LogP contribution in [0.5, 0.6) is 0 Å². The average Bonchev–Trinajstić information content (AvgIpc) is 3.29. The Hall–Kier alpha value is -2.73. The molecule has 4 heterocycles. The Kier molecular flexibility index (Phi) is 4.59. The van der Waals surface area contributed by atoms with E-state index in [0.717, 1.165) is 23.2 Å². The van der Waals surface area contributed by atoms with Crippen molar-refractivity contribution in [1.82, 2.24) is 9.47 Å². The van der Waals surface area contributed by atoms with E-state index in [2.05, 4.69) is 18.2 Å². The molecule has 2 aliphatic rings. The number of carbonyl (C=O) groups excluding carboxylic acids is 1. The molecule has 148 valence electrons. The van der Waals surface area contributed by atoms with Crippen LogP contribution in [0.2, 0.25) is 0 Å². The van der Waals surface area contributed by atoms with E-state index in [4.69, 9.17) is 4.42 Å². The first-order valence-electron chi connectivity index (χ1n) is 9.85. The van der Waals surface area contributed by atoms with E-state index >= 15 is 0 Å². The van der Waals surface area contributed by atoms with Gasteiger partial charge in [-0.1, -0.05) is 12.1 Å². The maximum absolute atomic E-state index is 13.3. The third-order valence-corrected chi connectivity index (χ3v) is 6.77. The Bertz CT molecular complexity index is 1100. The molecule has 5 rings (SSSR count). The maximum atomic E-state index is 13.3. The van der Waals surface area contributed by atoms with E-state index in [0.29, 0.717) is 25.4 Å². The number of nitrogens with zero attached hydrogens (tertiary/aromatic N) is 2. The van der Waals surface area contributed by atoms with Crippen molar-refractivity contribution in [3.8, 4) is 11.1 Å². The lowest BCUT2D eigenvalue weighted by molar-refractivity contribution is 0.0564. The summed E-state index contributed by atoms with van der Waals surface area (Å²) in [4.78, 5) is 29.0. The van der Waals surface area contributed by atoms with Gasteiger partial charge in [0.25, 0.3) is 11.5 Å². The number of pyridine rings is 1. The monoisotopic (exact) mass is 406 g/mol. The van der Waals surface area contributed by atoms with Crippen molar-refractivity contribution in [1.29, 1.82) is 0 Å². The van der Waals surface area contributed by atoms with Crippen molar-refractivity contribution in [2.75, 3.05) is 19.3 Å². The third kappa shape index (κ3) is 3.21. The summed E-state index contributed by atoms with van der Waals surface area (Å²) >= 11 is 1.69. The molecule has 2 bridgehead atoms. The number of aromatic nitrogens is 1. The van der Waals surface area contributed by atoms with Crippen molar-refractivity contribution >= 4 is 17.7 Å². The van der Waals surface area contributed by atoms with Gasteiger partial charge in [-0.3, -0.25) is 9.59 Å². The Balaban J connectivity index is 1.46. The number of hydrogen-bond donors (Lipinski definition) is 0. The number of fused-ring (bicyclic) bond motifs is 4. The summed E-state index contributed by atoms with van der Waals surface area (Å²) in [5, 5.41) is 0. The summed E-state index contributed by atoms with van der Waals surface area (Å²) in [5.74, 6) is 0.784. The predicted octanol–water partition coefficient (Wildman–Crippen LogP) is 4.09. The normalized spacial score (nSPS) is 20.4. The number of carbonyl (C=O) groups is 1. The van der Waals surface area contributed by atoms with E-state index in [1.165, 1.54) is 11.2 Å². The number of furan rings is 1. The number of likely N-dealkylation sites (tertiary alicyclic amines) is 1. The molecule has 0 spiro atoms. The lowest BCUT2D eigenvalue weighted by atomic mass is 9.82. The molecular formula is C23H22N2O3S. The highest BCUT2D eigenvalue weighted by Gasteiger charge is 2.37. The number of thioether (sulfide) groups is 1. The van der Waals surface area contributed by atoms with E-state index in [9.17, 15) is 9.59 Å². The van der Waals surface area contributed by atoms with Gasteiger partial charge in [-0.2, -0.15) is 0 Å². The second-order valence-electron chi connectivity index (χ2n) is 7.80. The number of rotatable bonds is 3. The molecule has 1 amide bonds. The van der Waals surface area contributed by atoms with Gasteiger partial charge >= 0.3 is 0 Å². The van der Waals surface area contributed by atoms with Crippen LogP contribution < -0.4 is 5.56 Å². The van der Waals surface area contributed by atoms with E-state index in [1.807, 2.05) is 33.9 Å². The van der Waals surface area contributed by atoms with Crippen LogP contribution in [0.25, 0.3) is 11.1 Å². The topological polar surface area (TPSA) is 55.5 Å². The first-order valence-corrected chi connectivity index (χ1v) is 11.1. The molecular weight excluding hydrogens is 384 g/mol. The fraction of sp³-hybridized carbons (Fsp3) is 0.304. The van der Waals surface area contributed by atoms with Crippen molar-refractivity contribution < 1.29 is 9.21 Å². The molecule has 5 nitrogen and oxygen atoms in total. The van der Waals surface area contributed by atoms with Crippen LogP contribution in [0.4, 0.5) is 0 Å². The van der Waals surface area contributed by atoms with E-state index in [-0.39, 0.29) is 23.3 Å². The quantitative estimate of drug-likeness (QED) is 0.615. The zero-order chi connectivity index (χ0) is 20.0. The van der Waals surface area contributed by atoms with Crippen LogP contribution in [0.1, 0.15) is 28.6 Å². The summed E-state index contributed by atoms with van der Waals surface area (Å²) < 4.78 is 7.23. The number of amides is 1. The summed E-state index contributed by atoms with van der Waals surface area (Å²) in [5.41, 5.74) is 2.80. The van der Waals surface area contributed by atoms with Gasteiger partial charge < -0.3 is 13.9 Å². The van der Waals surface area contributed by atoms with Gasteiger partial charge in [0.15, 0.2) is 5.76 Å². The zero-order valence-electron chi connectivity index (χ0n) is 16.2. The summed E-state index contributed by atoms with van der Waals surface area (Å²) in [6.07, 6.45) is 4.59. The zero-order valence-corrected chi connectivity index (χ0v) is 17.0. The molecule has 0 N–H and O–H groups in total. The van der Waals surface area contributed by atoms with Gasteiger partial charge in [0.2, 0.25) is 0 Å². The lowest BCUT2D eigenvalue weighted by Crippen LogP contribution is -2.49. The Morgan fingerprint density at radius 2 is 1.90 bits per heavy atom. The second kappa shape index (κ2) is 7.26. The average molecular weight is 407 g/mol. The summed E-state index contributed by atoms with van der Waals surface area (Å²) in [6.45, 7) is 1.94. The molecule has 1 aromatic carbocycles. The van der Waals surface area contributed by atoms with Crippen molar-refractivity contribution in [3.05, 3.63) is 76.6 Å². The molecule has 2 atom stereocenters. The van der Waals surface area contributed by atoms with Crippen molar-refractivity contribution in [2.24, 2.45) is 5.92 Å². The molecule has 0 radical (unpaired) electrons. The van der Waals surface area contributed by atoms with Gasteiger partial charge in [-0.15, -0.1) is 11.8 Å². The smallest absolute Gasteiger partial charge is 0.289 e. The molecule has 6 heteroatoms. The van der Waals surface area contributed by atoms with Gasteiger partial charge in [0.05, 0.1) is 6.26 Å². The molecule has 1 fully saturated rings. The van der Waals surface area contributed by atoms with Crippen molar-refractivity contribution in [3.63, 3.8) is 0 Å². The molecule has 2 aromatic heterocycles. The predicted molar refractivity (Wildman–Crippen MR) is 113 cm³/mol. The first-order chi connectivity index (χ1) is 14.1. The highest BCUT2D eigenvalue weighted by atomic mass is 32.2. The van der Waals surface area contributed by atoms with Crippen molar-refractivity contribution in [2.45, 2.75) is 23.8 Å². The van der Waals surface area contributed by atoms with Gasteiger partial charge in [-0.05, 0) is 60.6 Å². The Labute approximate surface area is 173 Å². The van der Waals surface area contributed by atoms with Gasteiger partial charge in [-0.25, -0.2) is 0 Å². The second-order valence-corrected chi connectivity index (χ2v) is 8.68. The minimum absolute atomic E-state index is 0.0639. The van der Waals surface area contributed by atoms with Crippen LogP contribution >= 0.6 is 11.8 Å². The molecule has 2 aliphatic heterocycles. The highest BCUT2D eigenvalue weighted by molar-refractivity contribution is 7.98. The maximum Gasteiger partial charge on any atom is 0.289 e. The van der Waals surface area contributed by atoms with Crippen LogP contribution in [-0.4, -0.2) is 34.7 Å². The fourth-order valence-corrected chi connectivity index (χ4v) is 5.07. The third-order valence-electron chi connectivity index (χ3n) is 6.02. The highest BCUT2D eigenvalue weighted by Crippen LogP contribution is 2.36. The van der Waals surface area contributed by atoms with Crippen LogP contribution in [0.15, 0.2) is 68.9 Å². The Morgan fingerprint density at radius 3 is 2.62 bits per heavy atom. The van der Waals surface area contributed by atoms with Crippen LogP contribution in [0.3, 0.4) is 0 Å². The van der Waals surface area contributed by atoms with Gasteiger partial charge in [0.1, 0.15) is 0 Å². The molecule has 29 heavy (non-hydrogen) atoms. The minimum Gasteiger partial charge on any atom is -0.459 e. The number of piperidine rings is 1. The number of hydrogen-bond acceptors (Lipinski definition) is 4. The molecule has 0 saturated carbocycles.